The Kier molecular flexibility index (Phi) is 4.82. The average molecular weight is 204 g/mol. The summed E-state index contributed by atoms with van der Waals surface area (Å²) in [6.07, 6.45) is 0. The fourth-order valence-corrected chi connectivity index (χ4v) is 0.650. The third kappa shape index (κ3) is 6.44. The zero-order valence-electron chi connectivity index (χ0n) is 8.06. The maximum absolute atomic E-state index is 11.2. The topological polar surface area (TPSA) is 52.3 Å². The SMILES string of the molecule is CC(C)(C)OC(=O)C(N)C#CCCl. The molecule has 0 bridgehead atoms. The molecule has 0 saturated heterocycles. The van der Waals surface area contributed by atoms with Gasteiger partial charge >= 0.3 is 5.97 Å². The Labute approximate surface area is 83.6 Å². The van der Waals surface area contributed by atoms with Gasteiger partial charge in [0.15, 0.2) is 6.04 Å². The third-order valence-corrected chi connectivity index (χ3v) is 1.12. The molecule has 0 aliphatic rings. The fraction of sp³-hybridized carbons (Fsp3) is 0.667. The molecule has 0 heterocycles. The van der Waals surface area contributed by atoms with Gasteiger partial charge in [0, 0.05) is 0 Å². The Hall–Kier alpha value is -0.720. The minimum atomic E-state index is -0.905. The smallest absolute Gasteiger partial charge is 0.336 e. The van der Waals surface area contributed by atoms with E-state index >= 15 is 0 Å². The van der Waals surface area contributed by atoms with E-state index in [1.165, 1.54) is 0 Å². The number of halogens is 1. The number of hydrogen-bond donors (Lipinski definition) is 1. The summed E-state index contributed by atoms with van der Waals surface area (Å²) >= 11 is 5.30. The van der Waals surface area contributed by atoms with E-state index in [2.05, 4.69) is 11.8 Å². The molecule has 0 aromatic carbocycles. The van der Waals surface area contributed by atoms with E-state index in [-0.39, 0.29) is 5.88 Å². The Morgan fingerprint density at radius 1 is 1.62 bits per heavy atom. The summed E-state index contributed by atoms with van der Waals surface area (Å²) in [5, 5.41) is 0. The largest absolute Gasteiger partial charge is 0.458 e. The molecule has 1 atom stereocenters. The molecular formula is C9H14ClNO2. The number of esters is 1. The predicted octanol–water partition coefficient (Wildman–Crippen LogP) is 0.898. The van der Waals surface area contributed by atoms with Crippen LogP contribution in [0.1, 0.15) is 20.8 Å². The molecule has 0 aliphatic carbocycles. The van der Waals surface area contributed by atoms with Crippen LogP contribution in [0.3, 0.4) is 0 Å². The molecule has 0 spiro atoms. The van der Waals surface area contributed by atoms with Crippen molar-refractivity contribution in [3.63, 3.8) is 0 Å². The highest BCUT2D eigenvalue weighted by Crippen LogP contribution is 2.07. The van der Waals surface area contributed by atoms with Gasteiger partial charge in [-0.15, -0.1) is 11.6 Å². The molecule has 4 heteroatoms. The standard InChI is InChI=1S/C9H14ClNO2/c1-9(2,3)13-8(12)7(11)5-4-6-10/h7H,6,11H2,1-3H3. The van der Waals surface area contributed by atoms with Gasteiger partial charge in [0.1, 0.15) is 5.60 Å². The minimum absolute atomic E-state index is 0.163. The van der Waals surface area contributed by atoms with Crippen LogP contribution in [0.5, 0.6) is 0 Å². The number of ether oxygens (including phenoxy) is 1. The molecule has 0 rings (SSSR count). The molecule has 0 fully saturated rings. The molecule has 0 amide bonds. The van der Waals surface area contributed by atoms with E-state index in [1.54, 1.807) is 20.8 Å². The number of rotatable bonds is 1. The average Bonchev–Trinajstić information content (AvgIpc) is 1.96. The predicted molar refractivity (Wildman–Crippen MR) is 52.3 cm³/mol. The second kappa shape index (κ2) is 5.11. The molecular weight excluding hydrogens is 190 g/mol. The number of carbonyl (C=O) groups is 1. The summed E-state index contributed by atoms with van der Waals surface area (Å²) in [5.74, 6) is 4.62. The van der Waals surface area contributed by atoms with Crippen molar-refractivity contribution >= 4 is 17.6 Å². The summed E-state index contributed by atoms with van der Waals surface area (Å²) in [5.41, 5.74) is 4.87. The van der Waals surface area contributed by atoms with Gasteiger partial charge in [0.25, 0.3) is 0 Å². The van der Waals surface area contributed by atoms with Gasteiger partial charge in [0.2, 0.25) is 0 Å². The lowest BCUT2D eigenvalue weighted by atomic mass is 10.2. The Bertz CT molecular complexity index is 234. The molecule has 1 unspecified atom stereocenters. The first-order valence-corrected chi connectivity index (χ1v) is 4.43. The summed E-state index contributed by atoms with van der Waals surface area (Å²) in [4.78, 5) is 11.2. The van der Waals surface area contributed by atoms with Gasteiger partial charge in [0.05, 0.1) is 5.88 Å². The zero-order chi connectivity index (χ0) is 10.5. The van der Waals surface area contributed by atoms with Crippen LogP contribution in [0.15, 0.2) is 0 Å². The van der Waals surface area contributed by atoms with Crippen LogP contribution in [0, 0.1) is 11.8 Å². The van der Waals surface area contributed by atoms with Crippen molar-refractivity contribution in [1.29, 1.82) is 0 Å². The lowest BCUT2D eigenvalue weighted by Gasteiger charge is -2.20. The highest BCUT2D eigenvalue weighted by atomic mass is 35.5. The van der Waals surface area contributed by atoms with Crippen LogP contribution in [-0.2, 0) is 9.53 Å². The van der Waals surface area contributed by atoms with Gasteiger partial charge in [-0.3, -0.25) is 0 Å². The maximum Gasteiger partial charge on any atom is 0.336 e. The third-order valence-electron chi connectivity index (χ3n) is 0.985. The first kappa shape index (κ1) is 12.3. The van der Waals surface area contributed by atoms with E-state index in [0.717, 1.165) is 0 Å². The van der Waals surface area contributed by atoms with E-state index in [4.69, 9.17) is 22.1 Å². The fourth-order valence-electron chi connectivity index (χ4n) is 0.573. The molecule has 13 heavy (non-hydrogen) atoms. The number of carbonyl (C=O) groups excluding carboxylic acids is 1. The van der Waals surface area contributed by atoms with Crippen molar-refractivity contribution in [2.75, 3.05) is 5.88 Å². The van der Waals surface area contributed by atoms with Crippen LogP contribution in [0.2, 0.25) is 0 Å². The van der Waals surface area contributed by atoms with Crippen molar-refractivity contribution in [3.05, 3.63) is 0 Å². The quantitative estimate of drug-likeness (QED) is 0.391. The Balaban J connectivity index is 4.12. The van der Waals surface area contributed by atoms with Gasteiger partial charge in [-0.05, 0) is 20.8 Å². The number of hydrogen-bond acceptors (Lipinski definition) is 3. The summed E-state index contributed by atoms with van der Waals surface area (Å²) in [6, 6.07) is -0.905. The van der Waals surface area contributed by atoms with Crippen LogP contribution in [0.25, 0.3) is 0 Å². The Morgan fingerprint density at radius 3 is 2.54 bits per heavy atom. The zero-order valence-corrected chi connectivity index (χ0v) is 8.81. The normalized spacial score (nSPS) is 12.7. The molecule has 74 valence electrons. The second-order valence-corrected chi connectivity index (χ2v) is 3.73. The maximum atomic E-state index is 11.2. The van der Waals surface area contributed by atoms with E-state index in [0.29, 0.717) is 0 Å². The second-order valence-electron chi connectivity index (χ2n) is 3.47. The summed E-state index contributed by atoms with van der Waals surface area (Å²) < 4.78 is 4.99. The summed E-state index contributed by atoms with van der Waals surface area (Å²) in [7, 11) is 0. The van der Waals surface area contributed by atoms with Crippen LogP contribution in [-0.4, -0.2) is 23.5 Å². The van der Waals surface area contributed by atoms with E-state index < -0.39 is 17.6 Å². The van der Waals surface area contributed by atoms with Crippen molar-refractivity contribution in [1.82, 2.24) is 0 Å². The van der Waals surface area contributed by atoms with E-state index in [1.807, 2.05) is 0 Å². The van der Waals surface area contributed by atoms with Crippen LogP contribution >= 0.6 is 11.6 Å². The van der Waals surface area contributed by atoms with Crippen LogP contribution in [0.4, 0.5) is 0 Å². The Morgan fingerprint density at radius 2 is 2.15 bits per heavy atom. The van der Waals surface area contributed by atoms with Crippen molar-refractivity contribution in [2.24, 2.45) is 5.73 Å². The molecule has 0 saturated carbocycles. The molecule has 0 aromatic heterocycles. The van der Waals surface area contributed by atoms with Crippen molar-refractivity contribution < 1.29 is 9.53 Å². The van der Waals surface area contributed by atoms with Crippen LogP contribution < -0.4 is 5.73 Å². The van der Waals surface area contributed by atoms with Gasteiger partial charge < -0.3 is 10.5 Å². The van der Waals surface area contributed by atoms with Gasteiger partial charge in [-0.2, -0.15) is 0 Å². The molecule has 0 radical (unpaired) electrons. The number of alkyl halides is 1. The molecule has 0 aliphatic heterocycles. The monoisotopic (exact) mass is 203 g/mol. The summed E-state index contributed by atoms with van der Waals surface area (Å²) in [6.45, 7) is 5.31. The molecule has 0 aromatic rings. The highest BCUT2D eigenvalue weighted by molar-refractivity contribution is 6.19. The lowest BCUT2D eigenvalue weighted by molar-refractivity contribution is -0.154. The van der Waals surface area contributed by atoms with E-state index in [9.17, 15) is 4.79 Å². The minimum Gasteiger partial charge on any atom is -0.458 e. The van der Waals surface area contributed by atoms with Gasteiger partial charge in [-0.25, -0.2) is 4.79 Å². The van der Waals surface area contributed by atoms with Crippen molar-refractivity contribution in [2.45, 2.75) is 32.4 Å². The number of nitrogens with two attached hydrogens (primary N) is 1. The lowest BCUT2D eigenvalue weighted by Crippen LogP contribution is -2.36. The molecule has 3 nitrogen and oxygen atoms in total. The highest BCUT2D eigenvalue weighted by Gasteiger charge is 2.20. The molecule has 2 N–H and O–H groups in total. The first-order valence-electron chi connectivity index (χ1n) is 3.89. The van der Waals surface area contributed by atoms with Crippen molar-refractivity contribution in [3.8, 4) is 11.8 Å². The van der Waals surface area contributed by atoms with Gasteiger partial charge in [-0.1, -0.05) is 11.8 Å². The first-order chi connectivity index (χ1) is 5.87.